The molecule has 1 fully saturated rings. The molecule has 2 N–H and O–H groups in total. The Hall–Kier alpha value is -1.57. The van der Waals surface area contributed by atoms with Gasteiger partial charge < -0.3 is 5.32 Å². The van der Waals surface area contributed by atoms with Crippen LogP contribution in [0.1, 0.15) is 29.6 Å². The highest BCUT2D eigenvalue weighted by molar-refractivity contribution is 7.90. The standard InChI is InChI=1S/C16H20ClN3O3S.ClH/c1-2-10-24(22,23)20(15(21)12-6-4-3-5-7-12)16(18)19-14-9-8-13(17)11-14;/h2-7,13-14H,1,8-11H2,(H2,18,19);1H. The molecule has 2 unspecified atom stereocenters. The van der Waals surface area contributed by atoms with Gasteiger partial charge in [0, 0.05) is 17.0 Å². The second kappa shape index (κ2) is 9.22. The van der Waals surface area contributed by atoms with E-state index in [1.807, 2.05) is 0 Å². The molecule has 2 rings (SSSR count). The van der Waals surface area contributed by atoms with Crippen molar-refractivity contribution < 1.29 is 13.2 Å². The molecule has 0 spiro atoms. The highest BCUT2D eigenvalue weighted by Gasteiger charge is 2.33. The van der Waals surface area contributed by atoms with Crippen LogP contribution in [0.15, 0.2) is 43.0 Å². The molecule has 1 aromatic rings. The minimum absolute atomic E-state index is 0. The monoisotopic (exact) mass is 405 g/mol. The second-order valence-electron chi connectivity index (χ2n) is 5.60. The lowest BCUT2D eigenvalue weighted by Crippen LogP contribution is -2.50. The first-order valence-corrected chi connectivity index (χ1v) is 9.62. The van der Waals surface area contributed by atoms with Gasteiger partial charge in [-0.3, -0.25) is 10.2 Å². The number of hydrogen-bond donors (Lipinski definition) is 2. The molecule has 0 saturated heterocycles. The third-order valence-corrected chi connectivity index (χ3v) is 5.68. The molecule has 1 saturated carbocycles. The zero-order chi connectivity index (χ0) is 17.7. The normalized spacial score (nSPS) is 19.6. The number of halogens is 2. The van der Waals surface area contributed by atoms with Gasteiger partial charge in [-0.05, 0) is 31.4 Å². The summed E-state index contributed by atoms with van der Waals surface area (Å²) in [5.41, 5.74) is 0.193. The molecule has 0 radical (unpaired) electrons. The predicted octanol–water partition coefficient (Wildman–Crippen LogP) is 2.75. The number of carbonyl (C=O) groups is 1. The summed E-state index contributed by atoms with van der Waals surface area (Å²) in [6.45, 7) is 3.41. The summed E-state index contributed by atoms with van der Waals surface area (Å²) in [5, 5.41) is 10.9. The van der Waals surface area contributed by atoms with Crippen LogP contribution < -0.4 is 5.32 Å². The van der Waals surface area contributed by atoms with Crippen LogP contribution in [0.3, 0.4) is 0 Å². The molecule has 1 amide bonds. The largest absolute Gasteiger partial charge is 0.352 e. The van der Waals surface area contributed by atoms with Crippen LogP contribution in [0.5, 0.6) is 0 Å². The first-order chi connectivity index (χ1) is 11.3. The summed E-state index contributed by atoms with van der Waals surface area (Å²) in [4.78, 5) is 12.7. The molecule has 0 aromatic heterocycles. The van der Waals surface area contributed by atoms with Crippen LogP contribution in [0.25, 0.3) is 0 Å². The Morgan fingerprint density at radius 2 is 2.00 bits per heavy atom. The first-order valence-electron chi connectivity index (χ1n) is 7.57. The maximum Gasteiger partial charge on any atom is 0.274 e. The van der Waals surface area contributed by atoms with E-state index in [9.17, 15) is 13.2 Å². The molecule has 25 heavy (non-hydrogen) atoms. The number of alkyl halides is 1. The lowest BCUT2D eigenvalue weighted by molar-refractivity contribution is 0.0909. The van der Waals surface area contributed by atoms with E-state index in [1.54, 1.807) is 18.2 Å². The Morgan fingerprint density at radius 1 is 1.36 bits per heavy atom. The van der Waals surface area contributed by atoms with Gasteiger partial charge in [-0.25, -0.2) is 8.42 Å². The Bertz CT molecular complexity index is 725. The van der Waals surface area contributed by atoms with Crippen molar-refractivity contribution in [1.82, 2.24) is 9.62 Å². The summed E-state index contributed by atoms with van der Waals surface area (Å²) in [6.07, 6.45) is 3.33. The number of nitrogens with zero attached hydrogens (tertiary/aromatic N) is 1. The van der Waals surface area contributed by atoms with E-state index in [0.29, 0.717) is 10.7 Å². The number of guanidine groups is 1. The van der Waals surface area contributed by atoms with Crippen molar-refractivity contribution in [3.8, 4) is 0 Å². The number of amides is 1. The van der Waals surface area contributed by atoms with Crippen molar-refractivity contribution in [1.29, 1.82) is 5.41 Å². The number of carbonyl (C=O) groups excluding carboxylic acids is 1. The maximum absolute atomic E-state index is 12.7. The topological polar surface area (TPSA) is 90.3 Å². The Morgan fingerprint density at radius 3 is 2.52 bits per heavy atom. The van der Waals surface area contributed by atoms with Crippen LogP contribution in [-0.4, -0.2) is 41.8 Å². The summed E-state index contributed by atoms with van der Waals surface area (Å²) in [7, 11) is -4.03. The molecule has 0 bridgehead atoms. The smallest absolute Gasteiger partial charge is 0.274 e. The molecule has 1 aliphatic carbocycles. The molecule has 2 atom stereocenters. The van der Waals surface area contributed by atoms with E-state index in [-0.39, 0.29) is 29.4 Å². The minimum atomic E-state index is -4.03. The van der Waals surface area contributed by atoms with Crippen LogP contribution in [0.2, 0.25) is 0 Å². The van der Waals surface area contributed by atoms with Gasteiger partial charge in [0.15, 0.2) is 0 Å². The van der Waals surface area contributed by atoms with Crippen molar-refractivity contribution >= 4 is 45.9 Å². The lowest BCUT2D eigenvalue weighted by Gasteiger charge is -2.25. The van der Waals surface area contributed by atoms with Gasteiger partial charge in [-0.2, -0.15) is 4.31 Å². The predicted molar refractivity (Wildman–Crippen MR) is 102 cm³/mol. The molecular formula is C16H21Cl2N3O3S. The van der Waals surface area contributed by atoms with E-state index < -0.39 is 27.6 Å². The minimum Gasteiger partial charge on any atom is -0.352 e. The van der Waals surface area contributed by atoms with Crippen LogP contribution in [-0.2, 0) is 10.0 Å². The SMILES string of the molecule is C=CCS(=O)(=O)N(C(=N)NC1CCC(Cl)C1)C(=O)c1ccccc1.Cl. The quantitative estimate of drug-likeness (QED) is 0.341. The van der Waals surface area contributed by atoms with Gasteiger partial charge in [0.25, 0.3) is 5.91 Å². The van der Waals surface area contributed by atoms with Gasteiger partial charge in [0.2, 0.25) is 16.0 Å². The lowest BCUT2D eigenvalue weighted by atomic mass is 10.2. The fourth-order valence-electron chi connectivity index (χ4n) is 2.60. The van der Waals surface area contributed by atoms with Gasteiger partial charge in [-0.1, -0.05) is 24.3 Å². The number of hydrogen-bond acceptors (Lipinski definition) is 4. The molecule has 0 aliphatic heterocycles. The number of sulfonamides is 1. The number of rotatable bonds is 5. The fourth-order valence-corrected chi connectivity index (χ4v) is 4.07. The van der Waals surface area contributed by atoms with E-state index in [1.165, 1.54) is 18.2 Å². The zero-order valence-corrected chi connectivity index (χ0v) is 15.9. The van der Waals surface area contributed by atoms with Crippen molar-refractivity contribution in [2.75, 3.05) is 5.75 Å². The maximum atomic E-state index is 12.7. The van der Waals surface area contributed by atoms with Crippen LogP contribution >= 0.6 is 24.0 Å². The number of nitrogens with one attached hydrogen (secondary N) is 2. The van der Waals surface area contributed by atoms with Crippen molar-refractivity contribution in [2.45, 2.75) is 30.7 Å². The van der Waals surface area contributed by atoms with E-state index in [2.05, 4.69) is 11.9 Å². The first kappa shape index (κ1) is 21.5. The van der Waals surface area contributed by atoms with Gasteiger partial charge in [0.05, 0.1) is 5.75 Å². The van der Waals surface area contributed by atoms with Crippen LogP contribution in [0.4, 0.5) is 0 Å². The Labute approximate surface area is 159 Å². The van der Waals surface area contributed by atoms with Gasteiger partial charge >= 0.3 is 0 Å². The third kappa shape index (κ3) is 5.45. The second-order valence-corrected chi connectivity index (χ2v) is 8.08. The average molecular weight is 406 g/mol. The van der Waals surface area contributed by atoms with E-state index >= 15 is 0 Å². The molecule has 138 valence electrons. The fraction of sp³-hybridized carbons (Fsp3) is 0.375. The molecule has 1 aromatic carbocycles. The average Bonchev–Trinajstić information content (AvgIpc) is 2.92. The highest BCUT2D eigenvalue weighted by atomic mass is 35.5. The van der Waals surface area contributed by atoms with Crippen molar-refractivity contribution in [2.24, 2.45) is 0 Å². The zero-order valence-electron chi connectivity index (χ0n) is 13.5. The van der Waals surface area contributed by atoms with Gasteiger partial charge in [0.1, 0.15) is 0 Å². The summed E-state index contributed by atoms with van der Waals surface area (Å²) < 4.78 is 25.4. The van der Waals surface area contributed by atoms with E-state index in [4.69, 9.17) is 17.0 Å². The summed E-state index contributed by atoms with van der Waals surface area (Å²) >= 11 is 6.05. The van der Waals surface area contributed by atoms with Crippen LogP contribution in [0, 0.1) is 5.41 Å². The van der Waals surface area contributed by atoms with Crippen molar-refractivity contribution in [3.05, 3.63) is 48.6 Å². The summed E-state index contributed by atoms with van der Waals surface area (Å²) in [5.74, 6) is -1.66. The molecule has 0 heterocycles. The van der Waals surface area contributed by atoms with E-state index in [0.717, 1.165) is 12.8 Å². The Kier molecular flexibility index (Phi) is 7.92. The third-order valence-electron chi connectivity index (χ3n) is 3.72. The highest BCUT2D eigenvalue weighted by Crippen LogP contribution is 2.24. The Balaban J connectivity index is 0.00000312. The van der Waals surface area contributed by atoms with Gasteiger partial charge in [-0.15, -0.1) is 30.6 Å². The molecule has 6 nitrogen and oxygen atoms in total. The summed E-state index contributed by atoms with van der Waals surface area (Å²) in [6, 6.07) is 7.90. The van der Waals surface area contributed by atoms with Crippen molar-refractivity contribution in [3.63, 3.8) is 0 Å². The molecule has 9 heteroatoms. The molecule has 1 aliphatic rings. The molecular weight excluding hydrogens is 385 g/mol. The number of benzene rings is 1.